The second-order valence-corrected chi connectivity index (χ2v) is 6.37. The molecule has 0 aliphatic heterocycles. The van der Waals surface area contributed by atoms with Crippen LogP contribution in [0.25, 0.3) is 0 Å². The molecule has 1 aliphatic rings. The average Bonchev–Trinajstić information content (AvgIpc) is 2.93. The van der Waals surface area contributed by atoms with E-state index in [1.807, 2.05) is 24.3 Å². The zero-order valence-corrected chi connectivity index (χ0v) is 13.2. The summed E-state index contributed by atoms with van der Waals surface area (Å²) in [5.41, 5.74) is 0.826. The third-order valence-electron chi connectivity index (χ3n) is 4.03. The Kier molecular flexibility index (Phi) is 5.59. The molecular weight excluding hydrogens is 302 g/mol. The highest BCUT2D eigenvalue weighted by Crippen LogP contribution is 2.22. The minimum absolute atomic E-state index is 0.257. The van der Waals surface area contributed by atoms with E-state index in [9.17, 15) is 4.79 Å². The summed E-state index contributed by atoms with van der Waals surface area (Å²) in [6, 6.07) is 8.40. The second-order valence-electron chi connectivity index (χ2n) is 5.45. The van der Waals surface area contributed by atoms with E-state index in [1.165, 1.54) is 25.7 Å². The van der Waals surface area contributed by atoms with E-state index in [4.69, 9.17) is 0 Å². The largest absolute Gasteiger partial charge is 0.303 e. The normalized spacial score (nSPS) is 16.2. The van der Waals surface area contributed by atoms with Crippen molar-refractivity contribution < 1.29 is 4.79 Å². The first-order valence-electron chi connectivity index (χ1n) is 7.16. The lowest BCUT2D eigenvalue weighted by molar-refractivity contribution is 0.0973. The zero-order valence-electron chi connectivity index (χ0n) is 11.6. The van der Waals surface area contributed by atoms with Crippen LogP contribution in [0.15, 0.2) is 28.7 Å². The minimum atomic E-state index is 0.257. The molecule has 0 saturated heterocycles. The Hall–Kier alpha value is -0.670. The maximum Gasteiger partial charge on any atom is 0.162 e. The van der Waals surface area contributed by atoms with Crippen molar-refractivity contribution >= 4 is 21.7 Å². The number of rotatable bonds is 6. The zero-order chi connectivity index (χ0) is 13.7. The summed E-state index contributed by atoms with van der Waals surface area (Å²) in [6.45, 7) is 1.03. The molecule has 1 saturated carbocycles. The Balaban J connectivity index is 1.73. The molecular formula is C16H22BrNO. The highest BCUT2D eigenvalue weighted by Gasteiger charge is 2.19. The molecule has 0 atom stereocenters. The minimum Gasteiger partial charge on any atom is -0.303 e. The fourth-order valence-electron chi connectivity index (χ4n) is 2.80. The Morgan fingerprint density at radius 2 is 1.89 bits per heavy atom. The molecule has 19 heavy (non-hydrogen) atoms. The van der Waals surface area contributed by atoms with Crippen LogP contribution in [0.3, 0.4) is 0 Å². The fraction of sp³-hybridized carbons (Fsp3) is 0.562. The molecule has 0 amide bonds. The van der Waals surface area contributed by atoms with Gasteiger partial charge in [0.05, 0.1) is 0 Å². The van der Waals surface area contributed by atoms with Crippen molar-refractivity contribution in [2.45, 2.75) is 44.6 Å². The summed E-state index contributed by atoms with van der Waals surface area (Å²) < 4.78 is 1.02. The molecule has 3 heteroatoms. The van der Waals surface area contributed by atoms with Crippen LogP contribution in [-0.4, -0.2) is 30.3 Å². The van der Waals surface area contributed by atoms with Gasteiger partial charge in [-0.05, 0) is 45.0 Å². The molecule has 1 aromatic rings. The van der Waals surface area contributed by atoms with Crippen molar-refractivity contribution in [1.29, 1.82) is 0 Å². The number of carbonyl (C=O) groups excluding carboxylic acids is 1. The maximum atomic E-state index is 12.0. The van der Waals surface area contributed by atoms with Gasteiger partial charge in [-0.15, -0.1) is 0 Å². The Morgan fingerprint density at radius 1 is 1.26 bits per heavy atom. The first-order valence-corrected chi connectivity index (χ1v) is 7.95. The van der Waals surface area contributed by atoms with E-state index in [1.54, 1.807) is 0 Å². The number of nitrogens with zero attached hydrogens (tertiary/aromatic N) is 1. The average molecular weight is 324 g/mol. The van der Waals surface area contributed by atoms with Crippen LogP contribution in [0.2, 0.25) is 0 Å². The Labute approximate surface area is 124 Å². The molecule has 1 fully saturated rings. The summed E-state index contributed by atoms with van der Waals surface area (Å²) in [6.07, 6.45) is 7.01. The van der Waals surface area contributed by atoms with E-state index >= 15 is 0 Å². The molecule has 0 radical (unpaired) electrons. The van der Waals surface area contributed by atoms with Gasteiger partial charge in [0, 0.05) is 22.5 Å². The monoisotopic (exact) mass is 323 g/mol. The van der Waals surface area contributed by atoms with Crippen LogP contribution < -0.4 is 0 Å². The molecule has 104 valence electrons. The lowest BCUT2D eigenvalue weighted by Crippen LogP contribution is -2.30. The maximum absolute atomic E-state index is 12.0. The molecule has 1 aliphatic carbocycles. The molecule has 1 aromatic carbocycles. The van der Waals surface area contributed by atoms with Gasteiger partial charge >= 0.3 is 0 Å². The van der Waals surface area contributed by atoms with Gasteiger partial charge in [-0.1, -0.05) is 40.9 Å². The van der Waals surface area contributed by atoms with Crippen molar-refractivity contribution in [3.63, 3.8) is 0 Å². The van der Waals surface area contributed by atoms with Crippen LogP contribution in [0.5, 0.6) is 0 Å². The fourth-order valence-corrected chi connectivity index (χ4v) is 3.06. The van der Waals surface area contributed by atoms with Crippen molar-refractivity contribution in [2.75, 3.05) is 13.6 Å². The first-order chi connectivity index (χ1) is 9.16. The number of carbonyl (C=O) groups is 1. The standard InChI is InChI=1S/C16H22BrNO/c1-18(15-5-2-3-6-15)12-4-7-16(19)13-8-10-14(17)11-9-13/h8-11,15H,2-7,12H2,1H3. The summed E-state index contributed by atoms with van der Waals surface area (Å²) in [5.74, 6) is 0.257. The van der Waals surface area contributed by atoms with E-state index in [0.29, 0.717) is 6.42 Å². The SMILES string of the molecule is CN(CCCC(=O)c1ccc(Br)cc1)C1CCCC1. The molecule has 0 unspecified atom stereocenters. The van der Waals surface area contributed by atoms with Gasteiger partial charge in [0.1, 0.15) is 0 Å². The van der Waals surface area contributed by atoms with Gasteiger partial charge in [-0.2, -0.15) is 0 Å². The molecule has 0 bridgehead atoms. The summed E-state index contributed by atoms with van der Waals surface area (Å²) >= 11 is 3.39. The van der Waals surface area contributed by atoms with Crippen molar-refractivity contribution in [2.24, 2.45) is 0 Å². The van der Waals surface area contributed by atoms with Gasteiger partial charge < -0.3 is 4.90 Å². The highest BCUT2D eigenvalue weighted by atomic mass is 79.9. The molecule has 0 aromatic heterocycles. The van der Waals surface area contributed by atoms with Crippen LogP contribution >= 0.6 is 15.9 Å². The first kappa shape index (κ1) is 14.7. The molecule has 2 rings (SSSR count). The lowest BCUT2D eigenvalue weighted by Gasteiger charge is -2.23. The van der Waals surface area contributed by atoms with Crippen LogP contribution in [-0.2, 0) is 0 Å². The summed E-state index contributed by atoms with van der Waals surface area (Å²) in [7, 11) is 2.19. The molecule has 0 heterocycles. The number of halogens is 1. The van der Waals surface area contributed by atoms with Crippen LogP contribution in [0.1, 0.15) is 48.9 Å². The number of ketones is 1. The quantitative estimate of drug-likeness (QED) is 0.728. The predicted molar refractivity (Wildman–Crippen MR) is 82.6 cm³/mol. The Bertz CT molecular complexity index is 409. The van der Waals surface area contributed by atoms with E-state index < -0.39 is 0 Å². The van der Waals surface area contributed by atoms with Crippen LogP contribution in [0, 0.1) is 0 Å². The lowest BCUT2D eigenvalue weighted by atomic mass is 10.1. The van der Waals surface area contributed by atoms with Crippen molar-refractivity contribution in [3.8, 4) is 0 Å². The second kappa shape index (κ2) is 7.20. The third kappa shape index (κ3) is 4.43. The van der Waals surface area contributed by atoms with Crippen molar-refractivity contribution in [3.05, 3.63) is 34.3 Å². The van der Waals surface area contributed by atoms with E-state index in [2.05, 4.69) is 27.9 Å². The molecule has 0 N–H and O–H groups in total. The summed E-state index contributed by atoms with van der Waals surface area (Å²) in [4.78, 5) is 14.5. The smallest absolute Gasteiger partial charge is 0.162 e. The number of hydrogen-bond acceptors (Lipinski definition) is 2. The van der Waals surface area contributed by atoms with Gasteiger partial charge in [-0.3, -0.25) is 4.79 Å². The van der Waals surface area contributed by atoms with Gasteiger partial charge in [-0.25, -0.2) is 0 Å². The predicted octanol–water partition coefficient (Wildman–Crippen LogP) is 4.29. The van der Waals surface area contributed by atoms with Gasteiger partial charge in [0.25, 0.3) is 0 Å². The number of benzene rings is 1. The van der Waals surface area contributed by atoms with Gasteiger partial charge in [0.2, 0.25) is 0 Å². The Morgan fingerprint density at radius 3 is 2.53 bits per heavy atom. The van der Waals surface area contributed by atoms with E-state index in [0.717, 1.165) is 29.0 Å². The topological polar surface area (TPSA) is 20.3 Å². The third-order valence-corrected chi connectivity index (χ3v) is 4.56. The van der Waals surface area contributed by atoms with E-state index in [-0.39, 0.29) is 5.78 Å². The highest BCUT2D eigenvalue weighted by molar-refractivity contribution is 9.10. The summed E-state index contributed by atoms with van der Waals surface area (Å²) in [5, 5.41) is 0. The van der Waals surface area contributed by atoms with Crippen LogP contribution in [0.4, 0.5) is 0 Å². The number of hydrogen-bond donors (Lipinski definition) is 0. The molecule has 0 spiro atoms. The molecule has 2 nitrogen and oxygen atoms in total. The van der Waals surface area contributed by atoms with Crippen molar-refractivity contribution in [1.82, 2.24) is 4.90 Å². The van der Waals surface area contributed by atoms with Gasteiger partial charge in [0.15, 0.2) is 5.78 Å². The number of Topliss-reactive ketones (excluding diaryl/α,β-unsaturated/α-hetero) is 1.